The molecule has 31 heavy (non-hydrogen) atoms. The first-order valence-electron chi connectivity index (χ1n) is 11.0. The molecule has 0 bridgehead atoms. The van der Waals surface area contributed by atoms with Crippen LogP contribution >= 0.6 is 22.9 Å². The third-order valence-corrected chi connectivity index (χ3v) is 7.54. The molecule has 1 aromatic heterocycles. The second-order valence-electron chi connectivity index (χ2n) is 8.30. The summed E-state index contributed by atoms with van der Waals surface area (Å²) in [7, 11) is 0. The predicted molar refractivity (Wildman–Crippen MR) is 126 cm³/mol. The van der Waals surface area contributed by atoms with Gasteiger partial charge in [0.15, 0.2) is 0 Å². The molecule has 0 saturated carbocycles. The molecular weight excluding hydrogens is 432 g/mol. The van der Waals surface area contributed by atoms with Gasteiger partial charge in [-0.1, -0.05) is 17.7 Å². The van der Waals surface area contributed by atoms with Gasteiger partial charge in [0, 0.05) is 28.7 Å². The Morgan fingerprint density at radius 1 is 1.03 bits per heavy atom. The molecule has 1 atom stereocenters. The van der Waals surface area contributed by atoms with Crippen molar-refractivity contribution in [2.45, 2.75) is 31.7 Å². The number of nitrogens with zero attached hydrogens (tertiary/aromatic N) is 1. The summed E-state index contributed by atoms with van der Waals surface area (Å²) in [5.74, 6) is 1.44. The van der Waals surface area contributed by atoms with Crippen LogP contribution in [-0.4, -0.2) is 43.0 Å². The average molecular weight is 461 g/mol. The molecule has 2 saturated heterocycles. The van der Waals surface area contributed by atoms with Crippen molar-refractivity contribution in [3.05, 3.63) is 51.7 Å². The molecule has 2 aliphatic heterocycles. The van der Waals surface area contributed by atoms with Crippen molar-refractivity contribution >= 4 is 40.6 Å². The largest absolute Gasteiger partial charge is 0.341 e. The molecule has 0 radical (unpaired) electrons. The Bertz CT molecular complexity index is 860. The number of amides is 3. The zero-order valence-corrected chi connectivity index (χ0v) is 19.1. The molecule has 2 fully saturated rings. The molecule has 8 heteroatoms. The second-order valence-corrected chi connectivity index (χ2v) is 9.72. The van der Waals surface area contributed by atoms with Crippen molar-refractivity contribution < 1.29 is 9.59 Å². The Morgan fingerprint density at radius 2 is 1.71 bits per heavy atom. The van der Waals surface area contributed by atoms with Gasteiger partial charge in [-0.2, -0.15) is 0 Å². The molecule has 3 N–H and O–H groups in total. The number of halogens is 1. The van der Waals surface area contributed by atoms with E-state index in [-0.39, 0.29) is 5.91 Å². The van der Waals surface area contributed by atoms with Crippen LogP contribution in [0.2, 0.25) is 5.02 Å². The van der Waals surface area contributed by atoms with Gasteiger partial charge in [-0.3, -0.25) is 4.79 Å². The summed E-state index contributed by atoms with van der Waals surface area (Å²) in [5, 5.41) is 11.6. The normalized spacial score (nSPS) is 19.1. The van der Waals surface area contributed by atoms with E-state index in [4.69, 9.17) is 11.6 Å². The number of urea groups is 1. The smallest absolute Gasteiger partial charge is 0.320 e. The number of rotatable bonds is 5. The highest BCUT2D eigenvalue weighted by molar-refractivity contribution is 7.10. The first-order chi connectivity index (χ1) is 15.1. The lowest BCUT2D eigenvalue weighted by atomic mass is 9.79. The number of likely N-dealkylation sites (tertiary alicyclic amines) is 1. The minimum atomic E-state index is -0.678. The van der Waals surface area contributed by atoms with Crippen LogP contribution in [0.4, 0.5) is 10.5 Å². The van der Waals surface area contributed by atoms with E-state index in [0.29, 0.717) is 16.6 Å². The molecule has 0 spiro atoms. The topological polar surface area (TPSA) is 73.5 Å². The lowest BCUT2D eigenvalue weighted by Crippen LogP contribution is -2.47. The molecule has 3 heterocycles. The predicted octanol–water partition coefficient (Wildman–Crippen LogP) is 4.50. The molecule has 2 aromatic rings. The molecular formula is C23H29ClN4O2S. The molecule has 0 unspecified atom stereocenters. The standard InChI is InChI=1S/C23H29ClN4O2S/c24-18-3-5-19(6-4-18)26-23(30)27-21(20-2-1-15-31-20)22(29)28-13-9-17(10-14-28)16-7-11-25-12-8-16/h1-6,15-17,21,25H,7-14H2,(H2,26,27,30)/t21-/m1/s1. The van der Waals surface area contributed by atoms with E-state index in [1.165, 1.54) is 24.2 Å². The van der Waals surface area contributed by atoms with Gasteiger partial charge in [0.1, 0.15) is 6.04 Å². The van der Waals surface area contributed by atoms with Crippen LogP contribution in [0.3, 0.4) is 0 Å². The lowest BCUT2D eigenvalue weighted by molar-refractivity contribution is -0.135. The van der Waals surface area contributed by atoms with Crippen LogP contribution in [0.5, 0.6) is 0 Å². The molecule has 1 aromatic carbocycles. The third-order valence-electron chi connectivity index (χ3n) is 6.35. The average Bonchev–Trinajstić information content (AvgIpc) is 3.34. The lowest BCUT2D eigenvalue weighted by Gasteiger charge is -2.38. The van der Waals surface area contributed by atoms with Crippen molar-refractivity contribution in [2.24, 2.45) is 11.8 Å². The number of thiophene rings is 1. The maximum Gasteiger partial charge on any atom is 0.320 e. The van der Waals surface area contributed by atoms with E-state index < -0.39 is 12.1 Å². The number of piperidine rings is 2. The van der Waals surface area contributed by atoms with Gasteiger partial charge in [0.05, 0.1) is 0 Å². The number of hydrogen-bond acceptors (Lipinski definition) is 4. The Morgan fingerprint density at radius 3 is 2.35 bits per heavy atom. The van der Waals surface area contributed by atoms with Crippen LogP contribution in [0.1, 0.15) is 36.6 Å². The van der Waals surface area contributed by atoms with E-state index in [1.807, 2.05) is 22.4 Å². The first-order valence-corrected chi connectivity index (χ1v) is 12.2. The summed E-state index contributed by atoms with van der Waals surface area (Å²) >= 11 is 7.39. The number of hydrogen-bond donors (Lipinski definition) is 3. The van der Waals surface area contributed by atoms with Gasteiger partial charge in [-0.05, 0) is 86.3 Å². The van der Waals surface area contributed by atoms with Crippen molar-refractivity contribution in [2.75, 3.05) is 31.5 Å². The van der Waals surface area contributed by atoms with Crippen LogP contribution < -0.4 is 16.0 Å². The number of anilines is 1. The van der Waals surface area contributed by atoms with E-state index in [9.17, 15) is 9.59 Å². The number of carbonyl (C=O) groups is 2. The van der Waals surface area contributed by atoms with Gasteiger partial charge in [-0.15, -0.1) is 11.3 Å². The van der Waals surface area contributed by atoms with Crippen molar-refractivity contribution in [3.63, 3.8) is 0 Å². The van der Waals surface area contributed by atoms with E-state index >= 15 is 0 Å². The highest BCUT2D eigenvalue weighted by Crippen LogP contribution is 2.32. The highest BCUT2D eigenvalue weighted by atomic mass is 35.5. The summed E-state index contributed by atoms with van der Waals surface area (Å²) in [6.07, 6.45) is 4.57. The Kier molecular flexibility index (Phi) is 7.48. The fourth-order valence-electron chi connectivity index (χ4n) is 4.63. The van der Waals surface area contributed by atoms with Gasteiger partial charge < -0.3 is 20.9 Å². The molecule has 2 aliphatic rings. The Hall–Kier alpha value is -2.09. The summed E-state index contributed by atoms with van der Waals surface area (Å²) in [6, 6.07) is 9.61. The molecule has 3 amide bonds. The SMILES string of the molecule is O=C(Nc1ccc(Cl)cc1)N[C@@H](C(=O)N1CCC(C2CCNCC2)CC1)c1cccs1. The van der Waals surface area contributed by atoms with Crippen LogP contribution in [0.15, 0.2) is 41.8 Å². The number of benzene rings is 1. The maximum atomic E-state index is 13.4. The summed E-state index contributed by atoms with van der Waals surface area (Å²) in [6.45, 7) is 3.74. The molecule has 4 rings (SSSR count). The summed E-state index contributed by atoms with van der Waals surface area (Å²) < 4.78 is 0. The van der Waals surface area contributed by atoms with Gasteiger partial charge >= 0.3 is 6.03 Å². The fourth-order valence-corrected chi connectivity index (χ4v) is 5.52. The maximum absolute atomic E-state index is 13.4. The minimum Gasteiger partial charge on any atom is -0.341 e. The van der Waals surface area contributed by atoms with Crippen molar-refractivity contribution in [1.82, 2.24) is 15.5 Å². The van der Waals surface area contributed by atoms with E-state index in [1.54, 1.807) is 24.3 Å². The first kappa shape index (κ1) is 22.1. The van der Waals surface area contributed by atoms with Gasteiger partial charge in [0.25, 0.3) is 5.91 Å². The van der Waals surface area contributed by atoms with E-state index in [2.05, 4.69) is 16.0 Å². The van der Waals surface area contributed by atoms with Crippen molar-refractivity contribution in [3.8, 4) is 0 Å². The Labute approximate surface area is 192 Å². The highest BCUT2D eigenvalue weighted by Gasteiger charge is 2.33. The van der Waals surface area contributed by atoms with Crippen LogP contribution in [-0.2, 0) is 4.79 Å². The molecule has 6 nitrogen and oxygen atoms in total. The quantitative estimate of drug-likeness (QED) is 0.615. The third kappa shape index (κ3) is 5.79. The Balaban J connectivity index is 1.37. The number of nitrogens with one attached hydrogen (secondary N) is 3. The number of carbonyl (C=O) groups excluding carboxylic acids is 2. The molecule has 166 valence electrons. The second kappa shape index (κ2) is 10.5. The van der Waals surface area contributed by atoms with Gasteiger partial charge in [0.2, 0.25) is 0 Å². The fraction of sp³-hybridized carbons (Fsp3) is 0.478. The van der Waals surface area contributed by atoms with Crippen LogP contribution in [0, 0.1) is 11.8 Å². The zero-order valence-electron chi connectivity index (χ0n) is 17.5. The molecule has 0 aliphatic carbocycles. The van der Waals surface area contributed by atoms with E-state index in [0.717, 1.165) is 49.8 Å². The van der Waals surface area contributed by atoms with Gasteiger partial charge in [-0.25, -0.2) is 4.79 Å². The summed E-state index contributed by atoms with van der Waals surface area (Å²) in [5.41, 5.74) is 0.627. The monoisotopic (exact) mass is 460 g/mol. The minimum absolute atomic E-state index is 0.0301. The summed E-state index contributed by atoms with van der Waals surface area (Å²) in [4.78, 5) is 28.8. The van der Waals surface area contributed by atoms with Crippen molar-refractivity contribution in [1.29, 1.82) is 0 Å². The zero-order chi connectivity index (χ0) is 21.6. The van der Waals surface area contributed by atoms with Crippen LogP contribution in [0.25, 0.3) is 0 Å².